The third-order valence-electron chi connectivity index (χ3n) is 3.29. The first-order valence-electron chi connectivity index (χ1n) is 6.04. The zero-order valence-electron chi connectivity index (χ0n) is 11.4. The Kier molecular flexibility index (Phi) is 4.81. The molecule has 1 fully saturated rings. The van der Waals surface area contributed by atoms with Crippen LogP contribution in [0, 0.1) is 0 Å². The van der Waals surface area contributed by atoms with E-state index >= 15 is 0 Å². The molecule has 1 saturated heterocycles. The van der Waals surface area contributed by atoms with Crippen LogP contribution in [0.15, 0.2) is 16.6 Å². The first-order chi connectivity index (χ1) is 10.1. The van der Waals surface area contributed by atoms with Crippen LogP contribution in [-0.2, 0) is 19.6 Å². The van der Waals surface area contributed by atoms with Gasteiger partial charge in [-0.25, -0.2) is 18.4 Å². The molecule has 2 N–H and O–H groups in total. The van der Waals surface area contributed by atoms with Gasteiger partial charge in [-0.2, -0.15) is 0 Å². The van der Waals surface area contributed by atoms with Gasteiger partial charge in [0.1, 0.15) is 5.25 Å². The molecule has 1 aromatic carbocycles. The summed E-state index contributed by atoms with van der Waals surface area (Å²) < 4.78 is 28.0. The number of esters is 1. The van der Waals surface area contributed by atoms with Crippen molar-refractivity contribution in [3.8, 4) is 0 Å². The van der Waals surface area contributed by atoms with Crippen LogP contribution in [0.1, 0.15) is 16.8 Å². The highest BCUT2D eigenvalue weighted by Gasteiger charge is 2.38. The number of rotatable bonds is 3. The Labute approximate surface area is 140 Å². The number of sulfonamides is 1. The highest BCUT2D eigenvalue weighted by atomic mass is 79.9. The summed E-state index contributed by atoms with van der Waals surface area (Å²) in [6, 6.07) is 2.82. The van der Waals surface area contributed by atoms with Crippen molar-refractivity contribution in [1.82, 2.24) is 0 Å². The van der Waals surface area contributed by atoms with Crippen LogP contribution < -0.4 is 10.0 Å². The van der Waals surface area contributed by atoms with Crippen LogP contribution in [0.4, 0.5) is 5.69 Å². The molecule has 0 radical (unpaired) electrons. The number of carbonyl (C=O) groups is 2. The molecule has 1 aromatic rings. The molecule has 1 unspecified atom stereocenters. The SMILES string of the molecule is COC(=O)c1cc(Br)c(Cl)cc1N1CC(S(N)(=O)=O)CC1=O. The molecule has 1 aliphatic rings. The second-order valence-electron chi connectivity index (χ2n) is 4.69. The second kappa shape index (κ2) is 6.15. The Balaban J connectivity index is 2.50. The van der Waals surface area contributed by atoms with E-state index in [2.05, 4.69) is 20.7 Å². The lowest BCUT2D eigenvalue weighted by Crippen LogP contribution is -2.32. The molecule has 0 spiro atoms. The van der Waals surface area contributed by atoms with E-state index in [1.54, 1.807) is 0 Å². The fourth-order valence-corrected chi connectivity index (χ4v) is 3.39. The minimum Gasteiger partial charge on any atom is -0.465 e. The van der Waals surface area contributed by atoms with Gasteiger partial charge in [-0.1, -0.05) is 11.6 Å². The number of hydrogen-bond acceptors (Lipinski definition) is 5. The van der Waals surface area contributed by atoms with E-state index in [1.165, 1.54) is 24.1 Å². The predicted molar refractivity (Wildman–Crippen MR) is 84.4 cm³/mol. The molecule has 120 valence electrons. The Morgan fingerprint density at radius 2 is 2.14 bits per heavy atom. The Bertz CT molecular complexity index is 752. The van der Waals surface area contributed by atoms with Crippen molar-refractivity contribution in [1.29, 1.82) is 0 Å². The lowest BCUT2D eigenvalue weighted by atomic mass is 10.1. The predicted octanol–water partition coefficient (Wildman–Crippen LogP) is 1.28. The lowest BCUT2D eigenvalue weighted by molar-refractivity contribution is -0.117. The monoisotopic (exact) mass is 410 g/mol. The minimum atomic E-state index is -3.85. The third-order valence-corrected chi connectivity index (χ3v) is 5.73. The standard InChI is InChI=1S/C12H12BrClN2O5S/c1-21-12(18)7-3-8(13)9(14)4-10(7)16-5-6(2-11(16)17)22(15,19)20/h3-4,6H,2,5H2,1H3,(H2,15,19,20). The maximum absolute atomic E-state index is 12.1. The van der Waals surface area contributed by atoms with Gasteiger partial charge < -0.3 is 9.64 Å². The Morgan fingerprint density at radius 3 is 2.64 bits per heavy atom. The normalized spacial score (nSPS) is 18.6. The van der Waals surface area contributed by atoms with E-state index in [4.69, 9.17) is 16.7 Å². The van der Waals surface area contributed by atoms with Crippen LogP contribution in [0.2, 0.25) is 5.02 Å². The molecule has 22 heavy (non-hydrogen) atoms. The molecule has 0 bridgehead atoms. The van der Waals surface area contributed by atoms with E-state index in [0.717, 1.165) is 0 Å². The number of primary sulfonamides is 1. The van der Waals surface area contributed by atoms with Crippen LogP contribution in [0.25, 0.3) is 0 Å². The van der Waals surface area contributed by atoms with Crippen LogP contribution in [0.5, 0.6) is 0 Å². The van der Waals surface area contributed by atoms with Crippen molar-refractivity contribution < 1.29 is 22.7 Å². The average molecular weight is 412 g/mol. The van der Waals surface area contributed by atoms with Gasteiger partial charge in [-0.3, -0.25) is 4.79 Å². The summed E-state index contributed by atoms with van der Waals surface area (Å²) in [5.74, 6) is -1.12. The number of nitrogens with zero attached hydrogens (tertiary/aromatic N) is 1. The zero-order chi connectivity index (χ0) is 16.7. The van der Waals surface area contributed by atoms with Crippen LogP contribution >= 0.6 is 27.5 Å². The fraction of sp³-hybridized carbons (Fsp3) is 0.333. The molecule has 0 aromatic heterocycles. The number of hydrogen-bond donors (Lipinski definition) is 1. The van der Waals surface area contributed by atoms with Gasteiger partial charge in [-0.15, -0.1) is 0 Å². The summed E-state index contributed by atoms with van der Waals surface area (Å²) >= 11 is 9.19. The number of carbonyl (C=O) groups excluding carboxylic acids is 2. The molecular formula is C12H12BrClN2O5S. The fourth-order valence-electron chi connectivity index (χ4n) is 2.16. The smallest absolute Gasteiger partial charge is 0.340 e. The third kappa shape index (κ3) is 3.27. The maximum atomic E-state index is 12.1. The van der Waals surface area contributed by atoms with Crippen molar-refractivity contribution in [2.45, 2.75) is 11.7 Å². The van der Waals surface area contributed by atoms with E-state index in [0.29, 0.717) is 4.47 Å². The molecule has 1 atom stereocenters. The molecule has 10 heteroatoms. The number of benzene rings is 1. The van der Waals surface area contributed by atoms with E-state index in [-0.39, 0.29) is 29.2 Å². The molecule has 1 aliphatic heterocycles. The van der Waals surface area contributed by atoms with Gasteiger partial charge in [-0.05, 0) is 28.1 Å². The molecular weight excluding hydrogens is 400 g/mol. The van der Waals surface area contributed by atoms with E-state index in [1.807, 2.05) is 0 Å². The molecule has 0 saturated carbocycles. The number of ether oxygens (including phenoxy) is 1. The Hall–Kier alpha value is -1.16. The quantitative estimate of drug-likeness (QED) is 0.754. The van der Waals surface area contributed by atoms with Crippen molar-refractivity contribution in [3.63, 3.8) is 0 Å². The molecule has 2 rings (SSSR count). The van der Waals surface area contributed by atoms with Crippen molar-refractivity contribution in [3.05, 3.63) is 27.2 Å². The van der Waals surface area contributed by atoms with Gasteiger partial charge in [0.2, 0.25) is 15.9 Å². The van der Waals surface area contributed by atoms with Crippen LogP contribution in [-0.4, -0.2) is 39.2 Å². The lowest BCUT2D eigenvalue weighted by Gasteiger charge is -2.20. The van der Waals surface area contributed by atoms with Gasteiger partial charge in [0.15, 0.2) is 0 Å². The summed E-state index contributed by atoms with van der Waals surface area (Å²) in [4.78, 5) is 25.1. The topological polar surface area (TPSA) is 107 Å². The minimum absolute atomic E-state index is 0.0993. The highest BCUT2D eigenvalue weighted by molar-refractivity contribution is 9.10. The maximum Gasteiger partial charge on any atom is 0.340 e. The number of nitrogens with two attached hydrogens (primary N) is 1. The van der Waals surface area contributed by atoms with Crippen molar-refractivity contribution in [2.24, 2.45) is 5.14 Å². The van der Waals surface area contributed by atoms with Gasteiger partial charge >= 0.3 is 5.97 Å². The molecule has 1 heterocycles. The summed E-state index contributed by atoms with van der Waals surface area (Å²) in [6.45, 7) is -0.139. The summed E-state index contributed by atoms with van der Waals surface area (Å²) in [6.07, 6.45) is -0.243. The first-order valence-corrected chi connectivity index (χ1v) is 8.82. The Morgan fingerprint density at radius 1 is 1.50 bits per heavy atom. The zero-order valence-corrected chi connectivity index (χ0v) is 14.5. The van der Waals surface area contributed by atoms with Crippen molar-refractivity contribution >= 4 is 55.1 Å². The first kappa shape index (κ1) is 17.2. The summed E-state index contributed by atoms with van der Waals surface area (Å²) in [7, 11) is -2.65. The van der Waals surface area contributed by atoms with E-state index < -0.39 is 27.1 Å². The number of amides is 1. The highest BCUT2D eigenvalue weighted by Crippen LogP contribution is 2.34. The molecule has 1 amide bonds. The van der Waals surface area contributed by atoms with Gasteiger partial charge in [0.25, 0.3) is 0 Å². The average Bonchev–Trinajstić information content (AvgIpc) is 2.82. The summed E-state index contributed by atoms with van der Waals surface area (Å²) in [5, 5.41) is 4.34. The number of methoxy groups -OCH3 is 1. The largest absolute Gasteiger partial charge is 0.465 e. The second-order valence-corrected chi connectivity index (χ2v) is 7.80. The summed E-state index contributed by atoms with van der Waals surface area (Å²) in [5.41, 5.74) is 0.290. The number of halogens is 2. The van der Waals surface area contributed by atoms with Gasteiger partial charge in [0.05, 0.1) is 23.4 Å². The van der Waals surface area contributed by atoms with Gasteiger partial charge in [0, 0.05) is 17.4 Å². The van der Waals surface area contributed by atoms with E-state index in [9.17, 15) is 18.0 Å². The van der Waals surface area contributed by atoms with Crippen molar-refractivity contribution in [2.75, 3.05) is 18.6 Å². The number of anilines is 1. The van der Waals surface area contributed by atoms with Crippen LogP contribution in [0.3, 0.4) is 0 Å². The molecule has 0 aliphatic carbocycles. The molecule has 7 nitrogen and oxygen atoms in total.